The van der Waals surface area contributed by atoms with Crippen molar-refractivity contribution < 1.29 is 4.74 Å². The molecule has 0 saturated carbocycles. The van der Waals surface area contributed by atoms with E-state index in [1.807, 2.05) is 7.05 Å². The smallest absolute Gasteiger partial charge is 0.264 e. The number of nitrogens with one attached hydrogen (secondary N) is 1. The second-order valence-electron chi connectivity index (χ2n) is 3.46. The third kappa shape index (κ3) is 1.67. The van der Waals surface area contributed by atoms with Crippen LogP contribution in [0.4, 0.5) is 0 Å². The van der Waals surface area contributed by atoms with Gasteiger partial charge in [-0.15, -0.1) is 0 Å². The first-order chi connectivity index (χ1) is 6.27. The first-order valence-electron chi connectivity index (χ1n) is 4.65. The average molecular weight is 182 g/mol. The van der Waals surface area contributed by atoms with Crippen molar-refractivity contribution >= 4 is 0 Å². The maximum absolute atomic E-state index is 11.0. The van der Waals surface area contributed by atoms with Crippen LogP contribution >= 0.6 is 0 Å². The standard InChI is InChI=1S/C9H14N2O2/c1-11-7(6-9(12)10-11)8-4-2-3-5-13-8/h6,8H,2-5H2,1H3,(H,10,12). The normalized spacial score (nSPS) is 23.3. The molecule has 4 nitrogen and oxygen atoms in total. The Balaban J connectivity index is 2.23. The lowest BCUT2D eigenvalue weighted by Crippen LogP contribution is -2.14. The molecule has 0 amide bonds. The van der Waals surface area contributed by atoms with E-state index in [1.54, 1.807) is 10.7 Å². The highest BCUT2D eigenvalue weighted by Crippen LogP contribution is 2.26. The van der Waals surface area contributed by atoms with Gasteiger partial charge in [-0.1, -0.05) is 0 Å². The largest absolute Gasteiger partial charge is 0.372 e. The molecule has 1 aliphatic rings. The van der Waals surface area contributed by atoms with Crippen LogP contribution in [0.25, 0.3) is 0 Å². The number of hydrogen-bond donors (Lipinski definition) is 1. The minimum atomic E-state index is -0.0494. The van der Waals surface area contributed by atoms with Crippen molar-refractivity contribution in [1.82, 2.24) is 9.78 Å². The van der Waals surface area contributed by atoms with Crippen LogP contribution in [0.15, 0.2) is 10.9 Å². The number of H-pyrrole nitrogens is 1. The van der Waals surface area contributed by atoms with Gasteiger partial charge in [0.25, 0.3) is 5.56 Å². The molecule has 1 fully saturated rings. The summed E-state index contributed by atoms with van der Waals surface area (Å²) in [4.78, 5) is 11.0. The van der Waals surface area contributed by atoms with Crippen molar-refractivity contribution in [2.45, 2.75) is 25.4 Å². The predicted octanol–water partition coefficient (Wildman–Crippen LogP) is 0.955. The Kier molecular flexibility index (Phi) is 2.22. The number of nitrogens with zero attached hydrogens (tertiary/aromatic N) is 1. The summed E-state index contributed by atoms with van der Waals surface area (Å²) in [5, 5.41) is 2.69. The van der Waals surface area contributed by atoms with Crippen molar-refractivity contribution in [1.29, 1.82) is 0 Å². The second-order valence-corrected chi connectivity index (χ2v) is 3.46. The summed E-state index contributed by atoms with van der Waals surface area (Å²) >= 11 is 0. The van der Waals surface area contributed by atoms with E-state index in [0.717, 1.165) is 25.1 Å². The summed E-state index contributed by atoms with van der Waals surface area (Å²) in [6.45, 7) is 0.810. The molecule has 0 aliphatic carbocycles. The molecule has 1 aromatic rings. The van der Waals surface area contributed by atoms with Crippen LogP contribution in [0.5, 0.6) is 0 Å². The molecule has 0 radical (unpaired) electrons. The molecular weight excluding hydrogens is 168 g/mol. The molecule has 1 N–H and O–H groups in total. The van der Waals surface area contributed by atoms with E-state index in [1.165, 1.54) is 6.42 Å². The van der Waals surface area contributed by atoms with Gasteiger partial charge in [-0.2, -0.15) is 0 Å². The van der Waals surface area contributed by atoms with E-state index in [0.29, 0.717) is 0 Å². The molecule has 0 spiro atoms. The van der Waals surface area contributed by atoms with Crippen LogP contribution in [0.2, 0.25) is 0 Å². The van der Waals surface area contributed by atoms with Crippen molar-refractivity contribution in [3.8, 4) is 0 Å². The van der Waals surface area contributed by atoms with Gasteiger partial charge in [0, 0.05) is 19.7 Å². The second kappa shape index (κ2) is 3.38. The molecule has 1 aromatic heterocycles. The van der Waals surface area contributed by atoms with Crippen molar-refractivity contribution in [3.05, 3.63) is 22.1 Å². The summed E-state index contributed by atoms with van der Waals surface area (Å²) < 4.78 is 7.33. The first kappa shape index (κ1) is 8.56. The van der Waals surface area contributed by atoms with Crippen molar-refractivity contribution in [3.63, 3.8) is 0 Å². The number of aromatic nitrogens is 2. The van der Waals surface area contributed by atoms with Gasteiger partial charge in [-0.25, -0.2) is 0 Å². The quantitative estimate of drug-likeness (QED) is 0.703. The lowest BCUT2D eigenvalue weighted by Gasteiger charge is -2.22. The van der Waals surface area contributed by atoms with Crippen LogP contribution < -0.4 is 5.56 Å². The summed E-state index contributed by atoms with van der Waals surface area (Å²) in [6.07, 6.45) is 3.45. The lowest BCUT2D eigenvalue weighted by atomic mass is 10.1. The summed E-state index contributed by atoms with van der Waals surface area (Å²) in [5.74, 6) is 0. The van der Waals surface area contributed by atoms with E-state index in [2.05, 4.69) is 5.10 Å². The fraction of sp³-hybridized carbons (Fsp3) is 0.667. The molecule has 2 rings (SSSR count). The molecule has 72 valence electrons. The molecule has 0 bridgehead atoms. The van der Waals surface area contributed by atoms with E-state index in [9.17, 15) is 4.79 Å². The molecule has 1 atom stereocenters. The SMILES string of the molecule is Cn1[nH]c(=O)cc1C1CCCCO1. The molecule has 13 heavy (non-hydrogen) atoms. The van der Waals surface area contributed by atoms with Gasteiger partial charge in [-0.3, -0.25) is 14.6 Å². The third-order valence-corrected chi connectivity index (χ3v) is 2.45. The molecule has 1 aliphatic heterocycles. The zero-order valence-corrected chi connectivity index (χ0v) is 7.75. The third-order valence-electron chi connectivity index (χ3n) is 2.45. The van der Waals surface area contributed by atoms with Crippen LogP contribution in [-0.4, -0.2) is 16.4 Å². The van der Waals surface area contributed by atoms with Gasteiger partial charge in [0.05, 0.1) is 11.8 Å². The van der Waals surface area contributed by atoms with Gasteiger partial charge in [0.1, 0.15) is 0 Å². The van der Waals surface area contributed by atoms with E-state index in [-0.39, 0.29) is 11.7 Å². The highest BCUT2D eigenvalue weighted by atomic mass is 16.5. The molecule has 0 aromatic carbocycles. The monoisotopic (exact) mass is 182 g/mol. The number of ether oxygens (including phenoxy) is 1. The fourth-order valence-corrected chi connectivity index (χ4v) is 1.78. The number of hydrogen-bond acceptors (Lipinski definition) is 2. The average Bonchev–Trinajstić information content (AvgIpc) is 2.47. The predicted molar refractivity (Wildman–Crippen MR) is 48.6 cm³/mol. The summed E-state index contributed by atoms with van der Waals surface area (Å²) in [7, 11) is 1.84. The van der Waals surface area contributed by atoms with Gasteiger partial charge < -0.3 is 4.74 Å². The zero-order chi connectivity index (χ0) is 9.26. The number of rotatable bonds is 1. The van der Waals surface area contributed by atoms with E-state index >= 15 is 0 Å². The molecular formula is C9H14N2O2. The molecule has 2 heterocycles. The van der Waals surface area contributed by atoms with Gasteiger partial charge in [0.15, 0.2) is 0 Å². The summed E-state index contributed by atoms with van der Waals surface area (Å²) in [5.41, 5.74) is 0.913. The topological polar surface area (TPSA) is 47.0 Å². The van der Waals surface area contributed by atoms with Crippen LogP contribution in [-0.2, 0) is 11.8 Å². The van der Waals surface area contributed by atoms with Crippen LogP contribution in [0.1, 0.15) is 31.1 Å². The van der Waals surface area contributed by atoms with Gasteiger partial charge in [0.2, 0.25) is 0 Å². The Hall–Kier alpha value is -1.03. The lowest BCUT2D eigenvalue weighted by molar-refractivity contribution is 0.0101. The maximum Gasteiger partial charge on any atom is 0.264 e. The minimum Gasteiger partial charge on any atom is -0.372 e. The minimum absolute atomic E-state index is 0.0494. The van der Waals surface area contributed by atoms with Crippen molar-refractivity contribution in [2.24, 2.45) is 7.05 Å². The summed E-state index contributed by atoms with van der Waals surface area (Å²) in [6, 6.07) is 1.62. The zero-order valence-electron chi connectivity index (χ0n) is 7.75. The van der Waals surface area contributed by atoms with Crippen LogP contribution in [0.3, 0.4) is 0 Å². The van der Waals surface area contributed by atoms with Crippen molar-refractivity contribution in [2.75, 3.05) is 6.61 Å². The van der Waals surface area contributed by atoms with Crippen LogP contribution in [0, 0.1) is 0 Å². The van der Waals surface area contributed by atoms with Gasteiger partial charge in [-0.05, 0) is 19.3 Å². The number of aromatic amines is 1. The van der Waals surface area contributed by atoms with E-state index in [4.69, 9.17) is 4.74 Å². The maximum atomic E-state index is 11.0. The first-order valence-corrected chi connectivity index (χ1v) is 4.65. The Morgan fingerprint density at radius 1 is 1.62 bits per heavy atom. The van der Waals surface area contributed by atoms with E-state index < -0.39 is 0 Å². The highest BCUT2D eigenvalue weighted by molar-refractivity contribution is 5.05. The Labute approximate surface area is 76.5 Å². The number of aryl methyl sites for hydroxylation is 1. The molecule has 1 saturated heterocycles. The highest BCUT2D eigenvalue weighted by Gasteiger charge is 2.19. The van der Waals surface area contributed by atoms with Gasteiger partial charge >= 0.3 is 0 Å². The Bertz CT molecular complexity index is 334. The fourth-order valence-electron chi connectivity index (χ4n) is 1.78. The Morgan fingerprint density at radius 2 is 2.46 bits per heavy atom. The molecule has 1 unspecified atom stereocenters. The Morgan fingerprint density at radius 3 is 3.00 bits per heavy atom. The molecule has 4 heteroatoms.